The third kappa shape index (κ3) is 9.36. The van der Waals surface area contributed by atoms with E-state index in [1.807, 2.05) is 13.8 Å². The van der Waals surface area contributed by atoms with E-state index >= 15 is 0 Å². The SMILES string of the molecule is C1CC1.CC(C)c1noc(N2CCCCC2)n1.CCOc1ncc(CC(=O)O)cc1C. The van der Waals surface area contributed by atoms with Crippen molar-refractivity contribution in [1.82, 2.24) is 15.1 Å². The van der Waals surface area contributed by atoms with Gasteiger partial charge >= 0.3 is 12.0 Å². The molecular weight excluding hydrogens is 396 g/mol. The topological polar surface area (TPSA) is 102 Å². The average Bonchev–Trinajstić information content (AvgIpc) is 3.54. The lowest BCUT2D eigenvalue weighted by Gasteiger charge is -2.23. The van der Waals surface area contributed by atoms with E-state index in [-0.39, 0.29) is 6.42 Å². The van der Waals surface area contributed by atoms with Gasteiger partial charge < -0.3 is 19.3 Å². The Morgan fingerprint density at radius 3 is 2.32 bits per heavy atom. The molecule has 2 aliphatic rings. The maximum Gasteiger partial charge on any atom is 0.324 e. The fourth-order valence-corrected chi connectivity index (χ4v) is 2.85. The van der Waals surface area contributed by atoms with Gasteiger partial charge in [-0.2, -0.15) is 4.98 Å². The second-order valence-corrected chi connectivity index (χ2v) is 8.17. The molecule has 2 aromatic heterocycles. The molecule has 0 radical (unpaired) electrons. The van der Waals surface area contributed by atoms with Gasteiger partial charge in [0.1, 0.15) is 0 Å². The Kier molecular flexibility index (Phi) is 10.3. The monoisotopic (exact) mass is 432 g/mol. The van der Waals surface area contributed by atoms with Crippen LogP contribution in [0.1, 0.15) is 82.2 Å². The summed E-state index contributed by atoms with van der Waals surface area (Å²) in [6.07, 6.45) is 9.83. The number of carboxylic acid groups (broad SMARTS) is 1. The van der Waals surface area contributed by atoms with Gasteiger partial charge in [0.2, 0.25) is 5.88 Å². The highest BCUT2D eigenvalue weighted by molar-refractivity contribution is 5.70. The number of hydrogen-bond donors (Lipinski definition) is 1. The molecule has 3 heterocycles. The van der Waals surface area contributed by atoms with Gasteiger partial charge in [-0.1, -0.05) is 38.3 Å². The molecule has 1 N–H and O–H groups in total. The third-order valence-corrected chi connectivity index (χ3v) is 4.65. The minimum Gasteiger partial charge on any atom is -0.481 e. The van der Waals surface area contributed by atoms with E-state index < -0.39 is 5.97 Å². The Labute approximate surface area is 185 Å². The van der Waals surface area contributed by atoms with Crippen molar-refractivity contribution in [2.75, 3.05) is 24.6 Å². The highest BCUT2D eigenvalue weighted by atomic mass is 16.5. The number of aryl methyl sites for hydroxylation is 1. The van der Waals surface area contributed by atoms with Crippen LogP contribution in [-0.4, -0.2) is 45.9 Å². The molecule has 0 atom stereocenters. The smallest absolute Gasteiger partial charge is 0.324 e. The molecular formula is C23H36N4O4. The molecule has 2 aromatic rings. The molecule has 0 spiro atoms. The van der Waals surface area contributed by atoms with Gasteiger partial charge in [0, 0.05) is 30.8 Å². The fourth-order valence-electron chi connectivity index (χ4n) is 2.85. The summed E-state index contributed by atoms with van der Waals surface area (Å²) in [5.74, 6) is 0.875. The first-order valence-corrected chi connectivity index (χ1v) is 11.3. The van der Waals surface area contributed by atoms with Crippen LogP contribution in [0.15, 0.2) is 16.8 Å². The standard InChI is InChI=1S/C10H17N3O.C10H13NO3.C3H6/c1-8(2)9-11-10(14-12-9)13-6-4-3-5-7-13;1-3-14-10-7(2)4-8(6-11-10)5-9(12)13;1-2-3-1/h8H,3-7H2,1-2H3;4,6H,3,5H2,1-2H3,(H,12,13);1-3H2. The number of pyridine rings is 1. The van der Waals surface area contributed by atoms with Gasteiger partial charge in [-0.25, -0.2) is 4.98 Å². The minimum atomic E-state index is -0.852. The number of hydrogen-bond acceptors (Lipinski definition) is 7. The Bertz CT molecular complexity index is 796. The lowest BCUT2D eigenvalue weighted by molar-refractivity contribution is -0.136. The molecule has 1 aliphatic heterocycles. The van der Waals surface area contributed by atoms with Crippen LogP contribution in [0, 0.1) is 6.92 Å². The van der Waals surface area contributed by atoms with Gasteiger partial charge in [-0.05, 0) is 44.7 Å². The first kappa shape index (κ1) is 24.6. The summed E-state index contributed by atoms with van der Waals surface area (Å²) < 4.78 is 10.5. The van der Waals surface area contributed by atoms with E-state index in [9.17, 15) is 4.79 Å². The van der Waals surface area contributed by atoms with Gasteiger partial charge in [0.15, 0.2) is 5.82 Å². The number of aromatic nitrogens is 3. The molecule has 172 valence electrons. The number of nitrogens with zero attached hydrogens (tertiary/aromatic N) is 4. The van der Waals surface area contributed by atoms with Crippen molar-refractivity contribution in [1.29, 1.82) is 0 Å². The summed E-state index contributed by atoms with van der Waals surface area (Å²) in [5.41, 5.74) is 1.56. The van der Waals surface area contributed by atoms with Crippen molar-refractivity contribution in [2.24, 2.45) is 0 Å². The summed E-state index contributed by atoms with van der Waals surface area (Å²) in [7, 11) is 0. The lowest BCUT2D eigenvalue weighted by atomic mass is 10.1. The zero-order valence-electron chi connectivity index (χ0n) is 19.3. The van der Waals surface area contributed by atoms with Crippen LogP contribution in [0.5, 0.6) is 5.88 Å². The first-order chi connectivity index (χ1) is 14.9. The van der Waals surface area contributed by atoms with E-state index in [1.165, 1.54) is 44.7 Å². The highest BCUT2D eigenvalue weighted by Crippen LogP contribution is 2.20. The summed E-state index contributed by atoms with van der Waals surface area (Å²) in [5, 5.41) is 12.5. The van der Waals surface area contributed by atoms with E-state index in [0.717, 1.165) is 24.5 Å². The van der Waals surface area contributed by atoms with Gasteiger partial charge in [-0.3, -0.25) is 4.79 Å². The van der Waals surface area contributed by atoms with Crippen LogP contribution in [0.4, 0.5) is 6.01 Å². The molecule has 0 bridgehead atoms. The number of aliphatic carboxylic acids is 1. The lowest BCUT2D eigenvalue weighted by Crippen LogP contribution is -2.29. The van der Waals surface area contributed by atoms with E-state index in [1.54, 1.807) is 6.07 Å². The molecule has 2 fully saturated rings. The van der Waals surface area contributed by atoms with Crippen LogP contribution >= 0.6 is 0 Å². The zero-order valence-corrected chi connectivity index (χ0v) is 19.3. The van der Waals surface area contributed by atoms with Crippen molar-refractivity contribution < 1.29 is 19.2 Å². The molecule has 8 nitrogen and oxygen atoms in total. The summed E-state index contributed by atoms with van der Waals surface area (Å²) in [6.45, 7) is 10.6. The number of ether oxygens (including phenoxy) is 1. The largest absolute Gasteiger partial charge is 0.481 e. The van der Waals surface area contributed by atoms with Crippen LogP contribution in [-0.2, 0) is 11.2 Å². The summed E-state index contributed by atoms with van der Waals surface area (Å²) >= 11 is 0. The molecule has 1 saturated heterocycles. The van der Waals surface area contributed by atoms with Crippen LogP contribution < -0.4 is 9.64 Å². The molecule has 4 rings (SSSR count). The number of anilines is 1. The molecule has 0 amide bonds. The van der Waals surface area contributed by atoms with Crippen molar-refractivity contribution in [3.8, 4) is 5.88 Å². The Balaban J connectivity index is 0.000000193. The Hall–Kier alpha value is -2.64. The normalized spacial score (nSPS) is 14.8. The second kappa shape index (κ2) is 12.9. The maximum absolute atomic E-state index is 10.4. The quantitative estimate of drug-likeness (QED) is 0.696. The van der Waals surface area contributed by atoms with Crippen LogP contribution in [0.3, 0.4) is 0 Å². The van der Waals surface area contributed by atoms with E-state index in [2.05, 4.69) is 33.9 Å². The molecule has 1 aliphatic carbocycles. The second-order valence-electron chi connectivity index (χ2n) is 8.17. The highest BCUT2D eigenvalue weighted by Gasteiger charge is 2.18. The number of rotatable bonds is 6. The van der Waals surface area contributed by atoms with Crippen LogP contribution in [0.25, 0.3) is 0 Å². The van der Waals surface area contributed by atoms with Gasteiger partial charge in [-0.15, -0.1) is 0 Å². The molecule has 1 saturated carbocycles. The Morgan fingerprint density at radius 2 is 1.84 bits per heavy atom. The van der Waals surface area contributed by atoms with Gasteiger partial charge in [0.25, 0.3) is 0 Å². The molecule has 31 heavy (non-hydrogen) atoms. The van der Waals surface area contributed by atoms with Crippen molar-refractivity contribution in [3.63, 3.8) is 0 Å². The minimum absolute atomic E-state index is 0.000243. The Morgan fingerprint density at radius 1 is 1.19 bits per heavy atom. The molecule has 8 heteroatoms. The van der Waals surface area contributed by atoms with E-state index in [0.29, 0.717) is 30.0 Å². The molecule has 0 unspecified atom stereocenters. The average molecular weight is 433 g/mol. The number of carbonyl (C=O) groups is 1. The number of piperidine rings is 1. The van der Waals surface area contributed by atoms with Crippen molar-refractivity contribution in [2.45, 2.75) is 78.6 Å². The summed E-state index contributed by atoms with van der Waals surface area (Å²) in [6, 6.07) is 2.49. The predicted molar refractivity (Wildman–Crippen MR) is 120 cm³/mol. The van der Waals surface area contributed by atoms with Gasteiger partial charge in [0.05, 0.1) is 13.0 Å². The predicted octanol–water partition coefficient (Wildman–Crippen LogP) is 4.77. The fraction of sp³-hybridized carbons (Fsp3) is 0.652. The first-order valence-electron chi connectivity index (χ1n) is 11.3. The third-order valence-electron chi connectivity index (χ3n) is 4.65. The van der Waals surface area contributed by atoms with Crippen molar-refractivity contribution >= 4 is 12.0 Å². The maximum atomic E-state index is 10.4. The summed E-state index contributed by atoms with van der Waals surface area (Å²) in [4.78, 5) is 21.0. The zero-order chi connectivity index (χ0) is 22.6. The number of carboxylic acids is 1. The van der Waals surface area contributed by atoms with E-state index in [4.69, 9.17) is 14.4 Å². The van der Waals surface area contributed by atoms with Crippen molar-refractivity contribution in [3.05, 3.63) is 29.2 Å². The van der Waals surface area contributed by atoms with Crippen LogP contribution in [0.2, 0.25) is 0 Å². The molecule has 0 aromatic carbocycles.